The van der Waals surface area contributed by atoms with Gasteiger partial charge in [-0.1, -0.05) is 152 Å². The predicted octanol–water partition coefficient (Wildman–Crippen LogP) is 11.7. The molecule has 234 valence electrons. The Kier molecular flexibility index (Phi) is 6.46. The summed E-state index contributed by atoms with van der Waals surface area (Å²) in [5, 5.41) is 4.79. The van der Waals surface area contributed by atoms with E-state index in [-0.39, 0.29) is 0 Å². The highest BCUT2D eigenvalue weighted by Gasteiger charge is 2.22. The van der Waals surface area contributed by atoms with Crippen molar-refractivity contribution in [3.05, 3.63) is 182 Å². The van der Waals surface area contributed by atoms with E-state index in [4.69, 9.17) is 9.97 Å². The summed E-state index contributed by atoms with van der Waals surface area (Å²) in [6, 6.07) is 64.2. The first kappa shape index (κ1) is 28.3. The third kappa shape index (κ3) is 4.46. The summed E-state index contributed by atoms with van der Waals surface area (Å²) >= 11 is 0. The monoisotopic (exact) mass is 638 g/mol. The lowest BCUT2D eigenvalue weighted by Gasteiger charge is -2.14. The Morgan fingerprint density at radius 2 is 0.820 bits per heavy atom. The number of para-hydroxylation sites is 3. The molecule has 3 heterocycles. The molecule has 10 aromatic rings. The molecule has 0 saturated carbocycles. The largest absolute Gasteiger partial charge is 0.307 e. The van der Waals surface area contributed by atoms with Crippen molar-refractivity contribution in [1.82, 2.24) is 19.1 Å². The highest BCUT2D eigenvalue weighted by atomic mass is 15.1. The summed E-state index contributed by atoms with van der Waals surface area (Å²) in [6.45, 7) is 0. The Bertz CT molecular complexity index is 2830. The summed E-state index contributed by atoms with van der Waals surface area (Å²) in [6.07, 6.45) is 0. The van der Waals surface area contributed by atoms with Crippen molar-refractivity contribution in [1.29, 1.82) is 0 Å². The van der Waals surface area contributed by atoms with Crippen LogP contribution in [0.3, 0.4) is 0 Å². The minimum Gasteiger partial charge on any atom is -0.307 e. The van der Waals surface area contributed by atoms with Crippen LogP contribution >= 0.6 is 0 Å². The molecule has 50 heavy (non-hydrogen) atoms. The quantitative estimate of drug-likeness (QED) is 0.188. The van der Waals surface area contributed by atoms with E-state index < -0.39 is 0 Å². The fraction of sp³-hybridized carbons (Fsp3) is 0. The van der Waals surface area contributed by atoms with Crippen molar-refractivity contribution in [3.8, 4) is 45.3 Å². The van der Waals surface area contributed by atoms with Crippen LogP contribution in [0.4, 0.5) is 0 Å². The van der Waals surface area contributed by atoms with Crippen molar-refractivity contribution in [3.63, 3.8) is 0 Å². The average molecular weight is 639 g/mol. The fourth-order valence-corrected chi connectivity index (χ4v) is 7.46. The molecule has 0 fully saturated rings. The minimum atomic E-state index is 0.687. The highest BCUT2D eigenvalue weighted by Crippen LogP contribution is 2.42. The molecule has 0 aliphatic carbocycles. The van der Waals surface area contributed by atoms with Crippen LogP contribution in [0.15, 0.2) is 182 Å². The molecule has 0 N–H and O–H groups in total. The lowest BCUT2D eigenvalue weighted by molar-refractivity contribution is 1.05. The van der Waals surface area contributed by atoms with Crippen LogP contribution in [0.1, 0.15) is 0 Å². The van der Waals surface area contributed by atoms with Gasteiger partial charge in [-0.2, -0.15) is 0 Å². The predicted molar refractivity (Wildman–Crippen MR) is 207 cm³/mol. The Hall–Kier alpha value is -6.78. The number of fused-ring (bicyclic) bond motifs is 7. The van der Waals surface area contributed by atoms with Crippen molar-refractivity contribution in [2.24, 2.45) is 0 Å². The van der Waals surface area contributed by atoms with Crippen molar-refractivity contribution >= 4 is 43.6 Å². The van der Waals surface area contributed by atoms with Crippen LogP contribution in [0.2, 0.25) is 0 Å². The molecular formula is C46H30N4. The first-order valence-electron chi connectivity index (χ1n) is 16.9. The van der Waals surface area contributed by atoms with Crippen molar-refractivity contribution < 1.29 is 0 Å². The Labute approximate surface area is 289 Å². The third-order valence-electron chi connectivity index (χ3n) is 9.74. The molecule has 0 amide bonds. The summed E-state index contributed by atoms with van der Waals surface area (Å²) in [7, 11) is 0. The van der Waals surface area contributed by atoms with Crippen molar-refractivity contribution in [2.75, 3.05) is 0 Å². The first-order valence-corrected chi connectivity index (χ1v) is 16.9. The second kappa shape index (κ2) is 11.4. The van der Waals surface area contributed by atoms with Gasteiger partial charge in [0.05, 0.1) is 27.8 Å². The van der Waals surface area contributed by atoms with Gasteiger partial charge in [0.15, 0.2) is 5.82 Å². The summed E-state index contributed by atoms with van der Waals surface area (Å²) < 4.78 is 4.76. The van der Waals surface area contributed by atoms with E-state index in [1.54, 1.807) is 0 Å². The van der Waals surface area contributed by atoms with Crippen LogP contribution in [0, 0.1) is 0 Å². The van der Waals surface area contributed by atoms with Gasteiger partial charge in [-0.05, 0) is 35.4 Å². The zero-order valence-electron chi connectivity index (χ0n) is 27.1. The molecular weight excluding hydrogens is 609 g/mol. The van der Waals surface area contributed by atoms with Gasteiger partial charge in [0.25, 0.3) is 0 Å². The number of hydrogen-bond acceptors (Lipinski definition) is 2. The van der Waals surface area contributed by atoms with Crippen LogP contribution in [-0.2, 0) is 0 Å². The highest BCUT2D eigenvalue weighted by molar-refractivity contribution is 6.23. The van der Waals surface area contributed by atoms with Crippen molar-refractivity contribution in [2.45, 2.75) is 0 Å². The molecule has 0 radical (unpaired) electrons. The van der Waals surface area contributed by atoms with E-state index >= 15 is 0 Å². The summed E-state index contributed by atoms with van der Waals surface area (Å²) in [4.78, 5) is 10.5. The Morgan fingerprint density at radius 1 is 0.340 bits per heavy atom. The molecule has 4 heteroatoms. The molecule has 3 aromatic heterocycles. The fourth-order valence-electron chi connectivity index (χ4n) is 7.46. The number of nitrogens with zero attached hydrogens (tertiary/aromatic N) is 4. The van der Waals surface area contributed by atoms with Crippen LogP contribution in [-0.4, -0.2) is 19.1 Å². The van der Waals surface area contributed by atoms with Gasteiger partial charge in [-0.15, -0.1) is 0 Å². The average Bonchev–Trinajstić information content (AvgIpc) is 3.72. The molecule has 7 aromatic carbocycles. The van der Waals surface area contributed by atoms with E-state index in [9.17, 15) is 0 Å². The van der Waals surface area contributed by atoms with Gasteiger partial charge in [0.2, 0.25) is 0 Å². The van der Waals surface area contributed by atoms with Gasteiger partial charge in [0, 0.05) is 44.4 Å². The topological polar surface area (TPSA) is 35.6 Å². The smallest absolute Gasteiger partial charge is 0.162 e. The van der Waals surface area contributed by atoms with Crippen LogP contribution in [0.25, 0.3) is 88.9 Å². The van der Waals surface area contributed by atoms with Gasteiger partial charge in [-0.25, -0.2) is 9.97 Å². The zero-order chi connectivity index (χ0) is 33.0. The number of hydrogen-bond donors (Lipinski definition) is 0. The van der Waals surface area contributed by atoms with E-state index in [2.05, 4.69) is 167 Å². The van der Waals surface area contributed by atoms with Gasteiger partial charge >= 0.3 is 0 Å². The summed E-state index contributed by atoms with van der Waals surface area (Å²) in [5.74, 6) is 1.51. The van der Waals surface area contributed by atoms with E-state index in [1.807, 2.05) is 24.3 Å². The van der Waals surface area contributed by atoms with E-state index in [0.717, 1.165) is 44.9 Å². The van der Waals surface area contributed by atoms with E-state index in [1.165, 1.54) is 38.2 Å². The SMILES string of the molecule is c1ccc(-c2ccc(-c3cc(-n4c5ccccc5c5ccc6c7ccccc7n(-c7ccccc7)c6c54)nc(-c4ccccc4)n3)cc2)cc1. The molecule has 0 atom stereocenters. The minimum absolute atomic E-state index is 0.687. The van der Waals surface area contributed by atoms with E-state index in [0.29, 0.717) is 5.82 Å². The second-order valence-electron chi connectivity index (χ2n) is 12.6. The number of rotatable bonds is 5. The van der Waals surface area contributed by atoms with Gasteiger partial charge in [-0.3, -0.25) is 4.57 Å². The van der Waals surface area contributed by atoms with Crippen LogP contribution in [0.5, 0.6) is 0 Å². The number of benzene rings is 7. The molecule has 0 aliphatic heterocycles. The molecule has 4 nitrogen and oxygen atoms in total. The molecule has 0 aliphatic rings. The molecule has 0 spiro atoms. The van der Waals surface area contributed by atoms with Crippen LogP contribution < -0.4 is 0 Å². The summed E-state index contributed by atoms with van der Waals surface area (Å²) in [5.41, 5.74) is 10.9. The lowest BCUT2D eigenvalue weighted by atomic mass is 10.0. The molecule has 10 rings (SSSR count). The Balaban J connectivity index is 1.30. The molecule has 0 bridgehead atoms. The second-order valence-corrected chi connectivity index (χ2v) is 12.6. The standard InChI is InChI=1S/C46H30N4/c1-4-14-31(15-5-1)32-24-26-33(27-25-32)40-30-43(48-46(47-40)34-16-6-2-7-17-34)50-42-23-13-11-21-37(42)39-29-28-38-36-20-10-12-22-41(36)49(44(38)45(39)50)35-18-8-3-9-19-35/h1-30H. The zero-order valence-corrected chi connectivity index (χ0v) is 27.1. The lowest BCUT2D eigenvalue weighted by Crippen LogP contribution is -2.04. The third-order valence-corrected chi connectivity index (χ3v) is 9.74. The number of aromatic nitrogens is 4. The van der Waals surface area contributed by atoms with Gasteiger partial charge < -0.3 is 4.57 Å². The molecule has 0 saturated heterocycles. The normalized spacial score (nSPS) is 11.6. The van der Waals surface area contributed by atoms with Gasteiger partial charge in [0.1, 0.15) is 5.82 Å². The maximum atomic E-state index is 5.34. The Morgan fingerprint density at radius 3 is 1.46 bits per heavy atom. The maximum Gasteiger partial charge on any atom is 0.162 e. The first-order chi connectivity index (χ1) is 24.8. The maximum absolute atomic E-state index is 5.34. The molecule has 0 unspecified atom stereocenters.